The molecule has 0 saturated heterocycles. The maximum Gasteiger partial charge on any atom is 0.316 e. The van der Waals surface area contributed by atoms with Crippen molar-refractivity contribution in [2.75, 3.05) is 20.8 Å². The second-order valence-corrected chi connectivity index (χ2v) is 3.74. The van der Waals surface area contributed by atoms with Crippen LogP contribution in [0.4, 0.5) is 0 Å². The first-order chi connectivity index (χ1) is 7.96. The lowest BCUT2D eigenvalue weighted by Crippen LogP contribution is -2.33. The van der Waals surface area contributed by atoms with Gasteiger partial charge in [-0.25, -0.2) is 0 Å². The van der Waals surface area contributed by atoms with Crippen molar-refractivity contribution in [3.8, 4) is 0 Å². The van der Waals surface area contributed by atoms with Crippen molar-refractivity contribution in [2.24, 2.45) is 11.8 Å². The molecule has 0 aliphatic rings. The van der Waals surface area contributed by atoms with Crippen molar-refractivity contribution in [2.45, 2.75) is 19.4 Å². The van der Waals surface area contributed by atoms with Gasteiger partial charge >= 0.3 is 5.97 Å². The third-order valence-electron chi connectivity index (χ3n) is 2.55. The number of hydrogen-bond acceptors (Lipinski definition) is 6. The highest BCUT2D eigenvalue weighted by atomic mass is 16.6. The topological polar surface area (TPSA) is 95.7 Å². The Hall–Kier alpha value is -1.50. The maximum atomic E-state index is 11.3. The molecule has 0 amide bonds. The predicted molar refractivity (Wildman–Crippen MR) is 58.0 cm³/mol. The highest BCUT2D eigenvalue weighted by molar-refractivity contribution is 5.88. The lowest BCUT2D eigenvalue weighted by atomic mass is 9.88. The lowest BCUT2D eigenvalue weighted by molar-refractivity contribution is -0.489. The zero-order valence-electron chi connectivity index (χ0n) is 10.1. The minimum absolute atomic E-state index is 0.246. The van der Waals surface area contributed by atoms with Crippen LogP contribution in [0.1, 0.15) is 13.3 Å². The van der Waals surface area contributed by atoms with Crippen molar-refractivity contribution < 1.29 is 24.0 Å². The van der Waals surface area contributed by atoms with Crippen molar-refractivity contribution in [3.05, 3.63) is 10.1 Å². The van der Waals surface area contributed by atoms with Gasteiger partial charge in [0.15, 0.2) is 0 Å². The number of nitrogens with zero attached hydrogens (tertiary/aromatic N) is 1. The maximum absolute atomic E-state index is 11.3. The van der Waals surface area contributed by atoms with E-state index >= 15 is 0 Å². The third kappa shape index (κ3) is 5.39. The molecule has 7 heteroatoms. The Morgan fingerprint density at radius 1 is 1.47 bits per heavy atom. The van der Waals surface area contributed by atoms with E-state index in [-0.39, 0.29) is 12.5 Å². The molecule has 7 nitrogen and oxygen atoms in total. The molecule has 0 saturated carbocycles. The summed E-state index contributed by atoms with van der Waals surface area (Å²) in [5, 5.41) is 10.5. The van der Waals surface area contributed by atoms with E-state index in [1.54, 1.807) is 6.92 Å². The summed E-state index contributed by atoms with van der Waals surface area (Å²) < 4.78 is 9.43. The van der Waals surface area contributed by atoms with E-state index in [0.717, 1.165) is 7.11 Å². The minimum atomic E-state index is -1.12. The number of carbonyl (C=O) groups is 2. The van der Waals surface area contributed by atoms with Crippen LogP contribution in [0.3, 0.4) is 0 Å². The number of carbonyl (C=O) groups excluding carboxylic acids is 2. The van der Waals surface area contributed by atoms with Crippen molar-refractivity contribution in [1.82, 2.24) is 0 Å². The fourth-order valence-electron chi connectivity index (χ4n) is 1.54. The van der Waals surface area contributed by atoms with Gasteiger partial charge in [0.05, 0.1) is 13.2 Å². The van der Waals surface area contributed by atoms with Crippen LogP contribution < -0.4 is 0 Å². The Bertz CT molecular complexity index is 280. The quantitative estimate of drug-likeness (QED) is 0.201. The van der Waals surface area contributed by atoms with Crippen LogP contribution in [0.5, 0.6) is 0 Å². The Balaban J connectivity index is 4.79. The average Bonchev–Trinajstić information content (AvgIpc) is 2.28. The normalized spacial score (nSPS) is 15.7. The molecule has 98 valence electrons. The summed E-state index contributed by atoms with van der Waals surface area (Å²) in [6.45, 7) is 1.25. The number of esters is 1. The van der Waals surface area contributed by atoms with Crippen LogP contribution in [-0.2, 0) is 19.1 Å². The summed E-state index contributed by atoms with van der Waals surface area (Å²) in [5.74, 6) is -2.59. The summed E-state index contributed by atoms with van der Waals surface area (Å²) in [4.78, 5) is 32.1. The zero-order valence-corrected chi connectivity index (χ0v) is 10.1. The van der Waals surface area contributed by atoms with Gasteiger partial charge < -0.3 is 14.3 Å². The van der Waals surface area contributed by atoms with Crippen LogP contribution >= 0.6 is 0 Å². The molecule has 0 aromatic rings. The Labute approximate surface area is 99.2 Å². The van der Waals surface area contributed by atoms with Gasteiger partial charge in [-0.2, -0.15) is 0 Å². The average molecular weight is 247 g/mol. The molecule has 0 bridgehead atoms. The molecule has 17 heavy (non-hydrogen) atoms. The van der Waals surface area contributed by atoms with E-state index in [1.807, 2.05) is 0 Å². The third-order valence-corrected chi connectivity index (χ3v) is 2.55. The fourth-order valence-corrected chi connectivity index (χ4v) is 1.54. The minimum Gasteiger partial charge on any atom is -0.468 e. The number of ether oxygens (including phenoxy) is 2. The molecular formula is C10H17NO6. The summed E-state index contributed by atoms with van der Waals surface area (Å²) in [6.07, 6.45) is 0.366. The number of hydrogen-bond donors (Lipinski definition) is 0. The van der Waals surface area contributed by atoms with Gasteiger partial charge in [0.2, 0.25) is 6.54 Å². The van der Waals surface area contributed by atoms with Crippen LogP contribution in [0, 0.1) is 22.0 Å². The molecule has 0 N–H and O–H groups in total. The predicted octanol–water partition coefficient (Wildman–Crippen LogP) is 0.292. The van der Waals surface area contributed by atoms with E-state index in [9.17, 15) is 19.7 Å². The largest absolute Gasteiger partial charge is 0.468 e. The van der Waals surface area contributed by atoms with Crippen LogP contribution in [0.2, 0.25) is 0 Å². The second-order valence-electron chi connectivity index (χ2n) is 3.74. The molecule has 0 rings (SSSR count). The van der Waals surface area contributed by atoms with Crippen molar-refractivity contribution in [1.29, 1.82) is 0 Å². The number of methoxy groups -OCH3 is 2. The number of aldehydes is 1. The number of nitro groups is 1. The molecule has 0 fully saturated rings. The summed E-state index contributed by atoms with van der Waals surface area (Å²) in [6, 6.07) is 0. The van der Waals surface area contributed by atoms with Crippen LogP contribution in [0.15, 0.2) is 0 Å². The Morgan fingerprint density at radius 2 is 2.06 bits per heavy atom. The highest BCUT2D eigenvalue weighted by Crippen LogP contribution is 2.19. The Morgan fingerprint density at radius 3 is 2.41 bits per heavy atom. The summed E-state index contributed by atoms with van der Waals surface area (Å²) in [7, 11) is 2.60. The first kappa shape index (κ1) is 15.5. The SMILES string of the molecule is COC(=O)C(C=O)C(CC(C)OC)C[N+](=O)[O-]. The van der Waals surface area contributed by atoms with E-state index in [4.69, 9.17) is 4.74 Å². The van der Waals surface area contributed by atoms with Crippen LogP contribution in [0.25, 0.3) is 0 Å². The molecule has 0 aromatic carbocycles. The molecule has 0 radical (unpaired) electrons. The van der Waals surface area contributed by atoms with E-state index in [2.05, 4.69) is 4.74 Å². The number of rotatable bonds is 8. The monoisotopic (exact) mass is 247 g/mol. The molecule has 0 aliphatic carbocycles. The first-order valence-corrected chi connectivity index (χ1v) is 5.13. The van der Waals surface area contributed by atoms with Gasteiger partial charge in [-0.15, -0.1) is 0 Å². The molecule has 3 atom stereocenters. The molecule has 3 unspecified atom stereocenters. The fraction of sp³-hybridized carbons (Fsp3) is 0.800. The van der Waals surface area contributed by atoms with E-state index in [1.165, 1.54) is 7.11 Å². The van der Waals surface area contributed by atoms with Gasteiger partial charge in [-0.1, -0.05) is 0 Å². The van der Waals surface area contributed by atoms with Gasteiger partial charge in [-0.05, 0) is 13.3 Å². The second kappa shape index (κ2) is 7.72. The molecule has 0 aliphatic heterocycles. The van der Waals surface area contributed by atoms with Crippen LogP contribution in [-0.4, -0.2) is 44.0 Å². The van der Waals surface area contributed by atoms with Gasteiger partial charge in [-0.3, -0.25) is 14.9 Å². The first-order valence-electron chi connectivity index (χ1n) is 5.13. The van der Waals surface area contributed by atoms with Gasteiger partial charge in [0, 0.05) is 18.0 Å². The van der Waals surface area contributed by atoms with Crippen molar-refractivity contribution in [3.63, 3.8) is 0 Å². The van der Waals surface area contributed by atoms with Gasteiger partial charge in [0.25, 0.3) is 0 Å². The van der Waals surface area contributed by atoms with Crippen molar-refractivity contribution >= 4 is 12.3 Å². The molecule has 0 heterocycles. The molecule has 0 aromatic heterocycles. The van der Waals surface area contributed by atoms with Gasteiger partial charge in [0.1, 0.15) is 12.2 Å². The lowest BCUT2D eigenvalue weighted by Gasteiger charge is -2.20. The van der Waals surface area contributed by atoms with E-state index in [0.29, 0.717) is 6.29 Å². The standard InChI is InChI=1S/C10H17NO6/c1-7(16-2)4-8(5-11(14)15)9(6-12)10(13)17-3/h6-9H,4-5H2,1-3H3. The molecular weight excluding hydrogens is 230 g/mol. The smallest absolute Gasteiger partial charge is 0.316 e. The molecule has 0 spiro atoms. The Kier molecular flexibility index (Phi) is 7.04. The van der Waals surface area contributed by atoms with E-state index < -0.39 is 29.3 Å². The summed E-state index contributed by atoms with van der Waals surface area (Å²) >= 11 is 0. The summed E-state index contributed by atoms with van der Waals surface area (Å²) in [5.41, 5.74) is 0. The zero-order chi connectivity index (χ0) is 13.4. The highest BCUT2D eigenvalue weighted by Gasteiger charge is 2.33.